The fourth-order valence-electron chi connectivity index (χ4n) is 1.49. The summed E-state index contributed by atoms with van der Waals surface area (Å²) < 4.78 is 1.57. The Morgan fingerprint density at radius 3 is 2.81 bits per heavy atom. The zero-order valence-corrected chi connectivity index (χ0v) is 9.02. The number of hydrogen-bond donors (Lipinski definition) is 0. The smallest absolute Gasteiger partial charge is 0.213 e. The van der Waals surface area contributed by atoms with Gasteiger partial charge in [0.25, 0.3) is 0 Å². The van der Waals surface area contributed by atoms with Crippen molar-refractivity contribution < 1.29 is 4.79 Å². The van der Waals surface area contributed by atoms with Crippen molar-refractivity contribution in [3.05, 3.63) is 41.4 Å². The molecule has 0 unspecified atom stereocenters. The normalized spacial score (nSPS) is 10.8. The van der Waals surface area contributed by atoms with Crippen molar-refractivity contribution >= 4 is 22.6 Å². The molecule has 0 fully saturated rings. The number of fused-ring (bicyclic) bond motifs is 1. The Morgan fingerprint density at radius 1 is 1.25 bits per heavy atom. The number of thiazole rings is 1. The third-order valence-electron chi connectivity index (χ3n) is 2.26. The number of benzene rings is 1. The van der Waals surface area contributed by atoms with E-state index in [9.17, 15) is 4.79 Å². The molecule has 0 spiro atoms. The zero-order valence-electron chi connectivity index (χ0n) is 8.20. The first kappa shape index (κ1) is 9.23. The number of aldehydes is 1. The van der Waals surface area contributed by atoms with E-state index in [1.54, 1.807) is 9.90 Å². The fraction of sp³-hybridized carbons (Fsp3) is 0. The molecular formula is C11H7N3OS. The average molecular weight is 229 g/mol. The van der Waals surface area contributed by atoms with Crippen molar-refractivity contribution in [3.63, 3.8) is 0 Å². The summed E-state index contributed by atoms with van der Waals surface area (Å²) in [5.74, 6) is 0.649. The third kappa shape index (κ3) is 1.33. The van der Waals surface area contributed by atoms with Gasteiger partial charge in [-0.1, -0.05) is 30.3 Å². The van der Waals surface area contributed by atoms with Gasteiger partial charge in [-0.2, -0.15) is 9.50 Å². The summed E-state index contributed by atoms with van der Waals surface area (Å²) in [6.07, 6.45) is 0.785. The summed E-state index contributed by atoms with van der Waals surface area (Å²) in [7, 11) is 0. The van der Waals surface area contributed by atoms with Crippen LogP contribution in [-0.4, -0.2) is 20.9 Å². The largest absolute Gasteiger partial charge is 0.296 e. The molecule has 0 atom stereocenters. The van der Waals surface area contributed by atoms with Gasteiger partial charge in [0.15, 0.2) is 12.1 Å². The maximum absolute atomic E-state index is 10.7. The van der Waals surface area contributed by atoms with Gasteiger partial charge in [0, 0.05) is 10.9 Å². The van der Waals surface area contributed by atoms with Crippen LogP contribution in [-0.2, 0) is 0 Å². The molecule has 3 aromatic rings. The van der Waals surface area contributed by atoms with Crippen LogP contribution in [0.25, 0.3) is 16.3 Å². The number of aromatic nitrogens is 3. The summed E-state index contributed by atoms with van der Waals surface area (Å²) in [6.45, 7) is 0. The van der Waals surface area contributed by atoms with Gasteiger partial charge in [-0.05, 0) is 0 Å². The van der Waals surface area contributed by atoms with Crippen LogP contribution >= 0.6 is 11.3 Å². The molecular weight excluding hydrogens is 222 g/mol. The first-order valence-electron chi connectivity index (χ1n) is 4.73. The highest BCUT2D eigenvalue weighted by atomic mass is 32.1. The molecule has 4 nitrogen and oxygen atoms in total. The van der Waals surface area contributed by atoms with Gasteiger partial charge < -0.3 is 0 Å². The van der Waals surface area contributed by atoms with Crippen molar-refractivity contribution in [2.24, 2.45) is 0 Å². The fourth-order valence-corrected chi connectivity index (χ4v) is 2.26. The molecule has 0 aliphatic carbocycles. The second-order valence-electron chi connectivity index (χ2n) is 3.27. The Hall–Kier alpha value is -2.01. The molecule has 2 heterocycles. The minimum atomic E-state index is 0.537. The van der Waals surface area contributed by atoms with Crippen LogP contribution in [0.15, 0.2) is 35.7 Å². The van der Waals surface area contributed by atoms with Crippen molar-refractivity contribution in [1.29, 1.82) is 0 Å². The Kier molecular flexibility index (Phi) is 2.04. The van der Waals surface area contributed by atoms with Crippen LogP contribution < -0.4 is 0 Å². The topological polar surface area (TPSA) is 47.3 Å². The predicted molar refractivity (Wildman–Crippen MR) is 61.7 cm³/mol. The molecule has 0 saturated carbocycles. The lowest BCUT2D eigenvalue weighted by atomic mass is 10.2. The standard InChI is InChI=1S/C11H7N3OS/c15-6-9-7-16-11-12-10(13-14(9)11)8-4-2-1-3-5-8/h1-7H. The zero-order chi connectivity index (χ0) is 11.0. The molecule has 3 rings (SSSR count). The van der Waals surface area contributed by atoms with Gasteiger partial charge in [-0.25, -0.2) is 0 Å². The Labute approximate surface area is 95.2 Å². The summed E-state index contributed by atoms with van der Waals surface area (Å²) in [6, 6.07) is 9.70. The lowest BCUT2D eigenvalue weighted by Crippen LogP contribution is -1.90. The van der Waals surface area contributed by atoms with Gasteiger partial charge in [0.1, 0.15) is 5.69 Å². The molecule has 0 aliphatic rings. The maximum Gasteiger partial charge on any atom is 0.213 e. The van der Waals surface area contributed by atoms with E-state index in [2.05, 4.69) is 10.1 Å². The number of carbonyl (C=O) groups excluding carboxylic acids is 1. The molecule has 0 aliphatic heterocycles. The molecule has 0 radical (unpaired) electrons. The van der Waals surface area contributed by atoms with Crippen LogP contribution in [0, 0.1) is 0 Å². The Bertz CT molecular complexity index is 642. The number of hydrogen-bond acceptors (Lipinski definition) is 4. The van der Waals surface area contributed by atoms with Gasteiger partial charge in [0.2, 0.25) is 4.96 Å². The second-order valence-corrected chi connectivity index (χ2v) is 4.11. The molecule has 0 bridgehead atoms. The number of rotatable bonds is 2. The number of nitrogens with zero attached hydrogens (tertiary/aromatic N) is 3. The summed E-state index contributed by atoms with van der Waals surface area (Å²) >= 11 is 1.41. The van der Waals surface area contributed by atoms with Gasteiger partial charge >= 0.3 is 0 Å². The first-order valence-corrected chi connectivity index (χ1v) is 5.61. The molecule has 1 aromatic carbocycles. The van der Waals surface area contributed by atoms with E-state index in [-0.39, 0.29) is 0 Å². The van der Waals surface area contributed by atoms with E-state index < -0.39 is 0 Å². The lowest BCUT2D eigenvalue weighted by Gasteiger charge is -1.91. The van der Waals surface area contributed by atoms with E-state index in [1.165, 1.54) is 11.3 Å². The highest BCUT2D eigenvalue weighted by Gasteiger charge is 2.09. The lowest BCUT2D eigenvalue weighted by molar-refractivity contribution is 0.111. The summed E-state index contributed by atoms with van der Waals surface area (Å²) in [5, 5.41) is 6.05. The van der Waals surface area contributed by atoms with E-state index in [0.29, 0.717) is 11.5 Å². The quantitative estimate of drug-likeness (QED) is 0.633. The summed E-state index contributed by atoms with van der Waals surface area (Å²) in [4.78, 5) is 15.8. The van der Waals surface area contributed by atoms with Crippen LogP contribution in [0.5, 0.6) is 0 Å². The van der Waals surface area contributed by atoms with E-state index >= 15 is 0 Å². The minimum Gasteiger partial charge on any atom is -0.296 e. The van der Waals surface area contributed by atoms with E-state index in [0.717, 1.165) is 16.8 Å². The Balaban J connectivity index is 2.19. The van der Waals surface area contributed by atoms with Crippen LogP contribution in [0.2, 0.25) is 0 Å². The van der Waals surface area contributed by atoms with Gasteiger partial charge in [-0.15, -0.1) is 16.4 Å². The van der Waals surface area contributed by atoms with E-state index in [1.807, 2.05) is 30.3 Å². The van der Waals surface area contributed by atoms with Gasteiger partial charge in [-0.3, -0.25) is 4.79 Å². The molecule has 5 heteroatoms. The van der Waals surface area contributed by atoms with Crippen LogP contribution in [0.1, 0.15) is 10.5 Å². The molecule has 16 heavy (non-hydrogen) atoms. The van der Waals surface area contributed by atoms with Crippen LogP contribution in [0.4, 0.5) is 0 Å². The average Bonchev–Trinajstić information content (AvgIpc) is 2.89. The SMILES string of the molecule is O=Cc1csc2nc(-c3ccccc3)nn12. The van der Waals surface area contributed by atoms with Crippen molar-refractivity contribution in [2.75, 3.05) is 0 Å². The molecule has 0 N–H and O–H groups in total. The third-order valence-corrected chi connectivity index (χ3v) is 3.09. The minimum absolute atomic E-state index is 0.537. The number of carbonyl (C=O) groups is 1. The highest BCUT2D eigenvalue weighted by molar-refractivity contribution is 7.15. The van der Waals surface area contributed by atoms with Crippen molar-refractivity contribution in [2.45, 2.75) is 0 Å². The molecule has 0 amide bonds. The highest BCUT2D eigenvalue weighted by Crippen LogP contribution is 2.19. The molecule has 2 aromatic heterocycles. The van der Waals surface area contributed by atoms with Crippen molar-refractivity contribution in [1.82, 2.24) is 14.6 Å². The maximum atomic E-state index is 10.7. The van der Waals surface area contributed by atoms with Crippen molar-refractivity contribution in [3.8, 4) is 11.4 Å². The Morgan fingerprint density at radius 2 is 2.06 bits per heavy atom. The first-order chi connectivity index (χ1) is 7.88. The van der Waals surface area contributed by atoms with E-state index in [4.69, 9.17) is 0 Å². The van der Waals surface area contributed by atoms with Crippen LogP contribution in [0.3, 0.4) is 0 Å². The molecule has 78 valence electrons. The summed E-state index contributed by atoms with van der Waals surface area (Å²) in [5.41, 5.74) is 1.49. The van der Waals surface area contributed by atoms with Gasteiger partial charge in [0.05, 0.1) is 0 Å². The molecule has 0 saturated heterocycles. The second kappa shape index (κ2) is 3.53. The monoisotopic (exact) mass is 229 g/mol. The predicted octanol–water partition coefficient (Wildman–Crippen LogP) is 2.27.